The van der Waals surface area contributed by atoms with Gasteiger partial charge in [-0.05, 0) is 18.8 Å². The Kier molecular flexibility index (Phi) is 4.84. The zero-order valence-electron chi connectivity index (χ0n) is 8.18. The van der Waals surface area contributed by atoms with Gasteiger partial charge in [0.25, 0.3) is 0 Å². The smallest absolute Gasteiger partial charge is 0.373 e. The third-order valence-corrected chi connectivity index (χ3v) is 2.65. The van der Waals surface area contributed by atoms with Crippen LogP contribution in [0, 0.1) is 5.92 Å². The molecule has 0 N–H and O–H groups in total. The summed E-state index contributed by atoms with van der Waals surface area (Å²) in [6, 6.07) is 0. The Hall–Kier alpha value is -0.670. The van der Waals surface area contributed by atoms with Gasteiger partial charge in [-0.2, -0.15) is 8.78 Å². The molecule has 1 aliphatic carbocycles. The van der Waals surface area contributed by atoms with Crippen LogP contribution in [0.25, 0.3) is 0 Å². The van der Waals surface area contributed by atoms with Gasteiger partial charge in [0.2, 0.25) is 0 Å². The lowest BCUT2D eigenvalue weighted by atomic mass is 10.0. The van der Waals surface area contributed by atoms with Crippen LogP contribution in [0.1, 0.15) is 38.5 Å². The fraction of sp³-hybridized carbons (Fsp3) is 0.900. The molecule has 0 aromatic carbocycles. The Bertz CT molecular complexity index is 177. The monoisotopic (exact) mass is 206 g/mol. The molecule has 4 heteroatoms. The number of alkyl halides is 2. The minimum atomic E-state index is -2.98. The lowest BCUT2D eigenvalue weighted by molar-refractivity contribution is -0.156. The Morgan fingerprint density at radius 2 is 2.00 bits per heavy atom. The standard InChI is InChI=1S/C10H16F2O2/c11-9(12)10(13)14-7-3-6-8-4-1-2-5-8/h8-9H,1-7H2. The highest BCUT2D eigenvalue weighted by molar-refractivity contribution is 5.72. The maximum Gasteiger partial charge on any atom is 0.373 e. The van der Waals surface area contributed by atoms with Gasteiger partial charge >= 0.3 is 12.4 Å². The van der Waals surface area contributed by atoms with Crippen LogP contribution in [0.4, 0.5) is 8.78 Å². The summed E-state index contributed by atoms with van der Waals surface area (Å²) in [7, 11) is 0. The summed E-state index contributed by atoms with van der Waals surface area (Å²) in [4.78, 5) is 10.4. The van der Waals surface area contributed by atoms with Crippen LogP contribution in [0.15, 0.2) is 0 Å². The van der Waals surface area contributed by atoms with E-state index in [0.29, 0.717) is 6.42 Å². The van der Waals surface area contributed by atoms with Crippen LogP contribution in [0.2, 0.25) is 0 Å². The van der Waals surface area contributed by atoms with E-state index in [1.165, 1.54) is 25.7 Å². The van der Waals surface area contributed by atoms with Crippen molar-refractivity contribution >= 4 is 5.97 Å². The maximum absolute atomic E-state index is 11.7. The van der Waals surface area contributed by atoms with E-state index in [4.69, 9.17) is 0 Å². The number of rotatable bonds is 5. The van der Waals surface area contributed by atoms with Crippen LogP contribution in [-0.4, -0.2) is 19.0 Å². The molecule has 14 heavy (non-hydrogen) atoms. The first-order valence-electron chi connectivity index (χ1n) is 5.15. The molecule has 1 rings (SSSR count). The number of halogens is 2. The van der Waals surface area contributed by atoms with Gasteiger partial charge in [-0.3, -0.25) is 0 Å². The van der Waals surface area contributed by atoms with Gasteiger partial charge in [-0.1, -0.05) is 25.7 Å². The average Bonchev–Trinajstić information content (AvgIpc) is 2.64. The summed E-state index contributed by atoms with van der Waals surface area (Å²) in [5.74, 6) is -0.670. The quantitative estimate of drug-likeness (QED) is 0.510. The second-order valence-corrected chi connectivity index (χ2v) is 3.76. The van der Waals surface area contributed by atoms with Gasteiger partial charge in [0.15, 0.2) is 0 Å². The Morgan fingerprint density at radius 1 is 1.36 bits per heavy atom. The molecule has 1 saturated carbocycles. The SMILES string of the molecule is O=C(OCCCC1CCCC1)C(F)F. The molecule has 1 aliphatic rings. The van der Waals surface area contributed by atoms with Gasteiger partial charge in [0.05, 0.1) is 6.61 Å². The number of hydrogen-bond donors (Lipinski definition) is 0. The normalized spacial score (nSPS) is 17.6. The van der Waals surface area contributed by atoms with Crippen molar-refractivity contribution in [1.29, 1.82) is 0 Å². The summed E-state index contributed by atoms with van der Waals surface area (Å²) in [6.45, 7) is 0.139. The highest BCUT2D eigenvalue weighted by Crippen LogP contribution is 2.28. The molecule has 2 nitrogen and oxygen atoms in total. The molecule has 0 atom stereocenters. The molecule has 0 bridgehead atoms. The zero-order valence-corrected chi connectivity index (χ0v) is 8.18. The van der Waals surface area contributed by atoms with E-state index >= 15 is 0 Å². The number of carbonyl (C=O) groups excluding carboxylic acids is 1. The molecule has 0 aliphatic heterocycles. The third kappa shape index (κ3) is 4.03. The summed E-state index contributed by atoms with van der Waals surface area (Å²) in [5, 5.41) is 0. The summed E-state index contributed by atoms with van der Waals surface area (Å²) >= 11 is 0. The average molecular weight is 206 g/mol. The van der Waals surface area contributed by atoms with E-state index in [2.05, 4.69) is 4.74 Å². The van der Waals surface area contributed by atoms with Crippen LogP contribution < -0.4 is 0 Å². The van der Waals surface area contributed by atoms with Gasteiger partial charge in [-0.25, -0.2) is 4.79 Å². The highest BCUT2D eigenvalue weighted by atomic mass is 19.3. The van der Waals surface area contributed by atoms with Gasteiger partial charge in [0, 0.05) is 0 Å². The molecule has 0 spiro atoms. The first-order chi connectivity index (χ1) is 6.70. The molecule has 0 saturated heterocycles. The lowest BCUT2D eigenvalue weighted by Gasteiger charge is -2.08. The van der Waals surface area contributed by atoms with Crippen LogP contribution in [-0.2, 0) is 9.53 Å². The first-order valence-corrected chi connectivity index (χ1v) is 5.15. The molecule has 0 aromatic rings. The van der Waals surface area contributed by atoms with Gasteiger partial charge < -0.3 is 4.74 Å². The van der Waals surface area contributed by atoms with Crippen molar-refractivity contribution in [2.24, 2.45) is 5.92 Å². The Morgan fingerprint density at radius 3 is 2.57 bits per heavy atom. The minimum absolute atomic E-state index is 0.139. The van der Waals surface area contributed by atoms with Gasteiger partial charge in [-0.15, -0.1) is 0 Å². The second-order valence-electron chi connectivity index (χ2n) is 3.76. The molecule has 0 unspecified atom stereocenters. The maximum atomic E-state index is 11.7. The molecular formula is C10H16F2O2. The van der Waals surface area contributed by atoms with Crippen molar-refractivity contribution in [2.45, 2.75) is 45.0 Å². The third-order valence-electron chi connectivity index (χ3n) is 2.65. The van der Waals surface area contributed by atoms with Crippen LogP contribution in [0.3, 0.4) is 0 Å². The molecule has 0 heterocycles. The fourth-order valence-corrected chi connectivity index (χ4v) is 1.91. The van der Waals surface area contributed by atoms with Crippen molar-refractivity contribution in [3.8, 4) is 0 Å². The predicted octanol–water partition coefficient (Wildman–Crippen LogP) is 2.77. The number of ether oxygens (including phenoxy) is 1. The molecule has 0 amide bonds. The summed E-state index contributed by atoms with van der Waals surface area (Å²) in [5.41, 5.74) is 0. The lowest BCUT2D eigenvalue weighted by Crippen LogP contribution is -2.15. The van der Waals surface area contributed by atoms with Crippen LogP contribution >= 0.6 is 0 Å². The molecule has 0 radical (unpaired) electrons. The number of carbonyl (C=O) groups is 1. The summed E-state index contributed by atoms with van der Waals surface area (Å²) in [6.07, 6.45) is 3.76. The summed E-state index contributed by atoms with van der Waals surface area (Å²) < 4.78 is 27.7. The van der Waals surface area contributed by atoms with Gasteiger partial charge in [0.1, 0.15) is 0 Å². The minimum Gasteiger partial charge on any atom is -0.461 e. The van der Waals surface area contributed by atoms with Crippen molar-refractivity contribution in [3.63, 3.8) is 0 Å². The first kappa shape index (κ1) is 11.4. The van der Waals surface area contributed by atoms with Crippen molar-refractivity contribution in [3.05, 3.63) is 0 Å². The molecule has 82 valence electrons. The van der Waals surface area contributed by atoms with E-state index in [0.717, 1.165) is 12.3 Å². The van der Waals surface area contributed by atoms with E-state index in [1.807, 2.05) is 0 Å². The number of hydrogen-bond acceptors (Lipinski definition) is 2. The van der Waals surface area contributed by atoms with E-state index in [9.17, 15) is 13.6 Å². The van der Waals surface area contributed by atoms with E-state index < -0.39 is 12.4 Å². The van der Waals surface area contributed by atoms with E-state index in [1.54, 1.807) is 0 Å². The zero-order chi connectivity index (χ0) is 10.4. The predicted molar refractivity (Wildman–Crippen MR) is 48.2 cm³/mol. The molecule has 0 aromatic heterocycles. The highest BCUT2D eigenvalue weighted by Gasteiger charge is 2.17. The number of esters is 1. The van der Waals surface area contributed by atoms with Crippen molar-refractivity contribution in [1.82, 2.24) is 0 Å². The Labute approximate surface area is 82.6 Å². The Balaban J connectivity index is 1.96. The largest absolute Gasteiger partial charge is 0.461 e. The van der Waals surface area contributed by atoms with E-state index in [-0.39, 0.29) is 6.61 Å². The molecule has 1 fully saturated rings. The second kappa shape index (κ2) is 5.94. The van der Waals surface area contributed by atoms with Crippen LogP contribution in [0.5, 0.6) is 0 Å². The fourth-order valence-electron chi connectivity index (χ4n) is 1.91. The molecular weight excluding hydrogens is 190 g/mol. The topological polar surface area (TPSA) is 26.3 Å². The van der Waals surface area contributed by atoms with Crippen molar-refractivity contribution in [2.75, 3.05) is 6.61 Å². The van der Waals surface area contributed by atoms with Crippen molar-refractivity contribution < 1.29 is 18.3 Å².